The summed E-state index contributed by atoms with van der Waals surface area (Å²) in [7, 11) is 0. The first kappa shape index (κ1) is 22.1. The van der Waals surface area contributed by atoms with E-state index in [-0.39, 0.29) is 5.91 Å². The zero-order chi connectivity index (χ0) is 22.1. The average Bonchev–Trinajstić information content (AvgIpc) is 2.79. The quantitative estimate of drug-likeness (QED) is 0.230. The smallest absolute Gasteiger partial charge is 0.343 e. The number of benzene rings is 3. The maximum atomic E-state index is 12.3. The number of hydrogen-bond donors (Lipinski definition) is 1. The van der Waals surface area contributed by atoms with Gasteiger partial charge in [0.2, 0.25) is 0 Å². The number of amides is 1. The Bertz CT molecular complexity index is 1050. The number of halogens is 1. The summed E-state index contributed by atoms with van der Waals surface area (Å²) in [4.78, 5) is 24.3. The van der Waals surface area contributed by atoms with Crippen LogP contribution in [0.15, 0.2) is 77.9 Å². The van der Waals surface area contributed by atoms with E-state index in [0.29, 0.717) is 34.3 Å². The Balaban J connectivity index is 1.52. The second kappa shape index (κ2) is 10.9. The molecule has 0 unspecified atom stereocenters. The molecule has 3 aromatic carbocycles. The van der Waals surface area contributed by atoms with Crippen LogP contribution in [0, 0.1) is 0 Å². The van der Waals surface area contributed by atoms with Crippen molar-refractivity contribution < 1.29 is 19.1 Å². The van der Waals surface area contributed by atoms with Crippen LogP contribution in [0.3, 0.4) is 0 Å². The third-order valence-corrected chi connectivity index (χ3v) is 4.39. The normalized spacial score (nSPS) is 10.6. The third kappa shape index (κ3) is 6.69. The Morgan fingerprint density at radius 2 is 1.52 bits per heavy atom. The van der Waals surface area contributed by atoms with Crippen molar-refractivity contribution in [2.45, 2.75) is 13.3 Å². The van der Waals surface area contributed by atoms with Gasteiger partial charge in [0.1, 0.15) is 11.5 Å². The third-order valence-electron chi connectivity index (χ3n) is 4.14. The van der Waals surface area contributed by atoms with Gasteiger partial charge >= 0.3 is 5.97 Å². The molecule has 0 aliphatic heterocycles. The molecule has 0 radical (unpaired) electrons. The minimum atomic E-state index is -0.460. The van der Waals surface area contributed by atoms with E-state index in [9.17, 15) is 9.59 Å². The molecule has 1 amide bonds. The summed E-state index contributed by atoms with van der Waals surface area (Å²) in [6.07, 6.45) is 2.41. The number of esters is 1. The fourth-order valence-electron chi connectivity index (χ4n) is 2.53. The monoisotopic (exact) mass is 436 g/mol. The van der Waals surface area contributed by atoms with Crippen molar-refractivity contribution in [3.05, 3.63) is 94.5 Å². The zero-order valence-corrected chi connectivity index (χ0v) is 17.6. The van der Waals surface area contributed by atoms with Crippen molar-refractivity contribution in [2.24, 2.45) is 5.10 Å². The summed E-state index contributed by atoms with van der Waals surface area (Å²) in [5, 5.41) is 4.49. The van der Waals surface area contributed by atoms with E-state index in [1.165, 1.54) is 6.21 Å². The van der Waals surface area contributed by atoms with E-state index < -0.39 is 5.97 Å². The Morgan fingerprint density at radius 1 is 0.903 bits per heavy atom. The maximum absolute atomic E-state index is 12.3. The van der Waals surface area contributed by atoms with Gasteiger partial charge in [-0.05, 0) is 84.8 Å². The van der Waals surface area contributed by atoms with Gasteiger partial charge < -0.3 is 9.47 Å². The molecule has 31 heavy (non-hydrogen) atoms. The van der Waals surface area contributed by atoms with Gasteiger partial charge in [-0.2, -0.15) is 5.10 Å². The van der Waals surface area contributed by atoms with Crippen LogP contribution in [0.25, 0.3) is 0 Å². The highest BCUT2D eigenvalue weighted by atomic mass is 35.5. The number of nitrogens with zero attached hydrogens (tertiary/aromatic N) is 1. The van der Waals surface area contributed by atoms with Crippen molar-refractivity contribution in [1.29, 1.82) is 0 Å². The molecule has 0 saturated carbocycles. The molecule has 1 N–H and O–H groups in total. The topological polar surface area (TPSA) is 77.0 Å². The van der Waals surface area contributed by atoms with Gasteiger partial charge in [0.05, 0.1) is 18.4 Å². The lowest BCUT2D eigenvalue weighted by molar-refractivity contribution is 0.0734. The second-order valence-corrected chi connectivity index (χ2v) is 6.97. The van der Waals surface area contributed by atoms with Gasteiger partial charge in [-0.25, -0.2) is 10.2 Å². The van der Waals surface area contributed by atoms with E-state index in [4.69, 9.17) is 21.1 Å². The molecule has 0 aliphatic carbocycles. The summed E-state index contributed by atoms with van der Waals surface area (Å²) < 4.78 is 10.9. The lowest BCUT2D eigenvalue weighted by Crippen LogP contribution is -2.17. The van der Waals surface area contributed by atoms with Crippen LogP contribution in [0.1, 0.15) is 39.6 Å². The van der Waals surface area contributed by atoms with Crippen LogP contribution in [0.2, 0.25) is 5.02 Å². The number of hydrogen-bond acceptors (Lipinski definition) is 5. The van der Waals surface area contributed by atoms with Gasteiger partial charge in [-0.1, -0.05) is 18.5 Å². The number of carbonyl (C=O) groups is 2. The largest absolute Gasteiger partial charge is 0.494 e. The Kier molecular flexibility index (Phi) is 7.79. The summed E-state index contributed by atoms with van der Waals surface area (Å²) in [5.74, 6) is 0.312. The van der Waals surface area contributed by atoms with Crippen LogP contribution in [-0.4, -0.2) is 24.7 Å². The van der Waals surface area contributed by atoms with Gasteiger partial charge in [0, 0.05) is 10.6 Å². The van der Waals surface area contributed by atoms with Crippen molar-refractivity contribution in [1.82, 2.24) is 5.43 Å². The standard InChI is InChI=1S/C24H21ClN2O4/c1-2-15-30-21-13-7-19(8-14-21)24(29)31-22-11-3-17(4-12-22)16-26-27-23(28)18-5-9-20(25)10-6-18/h3-14,16H,2,15H2,1H3,(H,27,28)/b26-16+. The first-order chi connectivity index (χ1) is 15.0. The van der Waals surface area contributed by atoms with E-state index in [0.717, 1.165) is 12.0 Å². The van der Waals surface area contributed by atoms with E-state index >= 15 is 0 Å². The summed E-state index contributed by atoms with van der Waals surface area (Å²) in [6.45, 7) is 2.66. The molecule has 3 aromatic rings. The molecular formula is C24H21ClN2O4. The molecular weight excluding hydrogens is 416 g/mol. The summed E-state index contributed by atoms with van der Waals surface area (Å²) >= 11 is 5.80. The van der Waals surface area contributed by atoms with Crippen molar-refractivity contribution in [3.63, 3.8) is 0 Å². The molecule has 3 rings (SSSR count). The molecule has 0 saturated heterocycles. The zero-order valence-electron chi connectivity index (χ0n) is 16.9. The average molecular weight is 437 g/mol. The Hall–Kier alpha value is -3.64. The predicted octanol–water partition coefficient (Wildman–Crippen LogP) is 5.11. The molecule has 0 aromatic heterocycles. The SMILES string of the molecule is CCCOc1ccc(C(=O)Oc2ccc(/C=N/NC(=O)c3ccc(Cl)cc3)cc2)cc1. The van der Waals surface area contributed by atoms with Crippen LogP contribution in [-0.2, 0) is 0 Å². The first-order valence-corrected chi connectivity index (χ1v) is 10.1. The van der Waals surface area contributed by atoms with Crippen molar-refractivity contribution in [2.75, 3.05) is 6.61 Å². The van der Waals surface area contributed by atoms with Crippen LogP contribution >= 0.6 is 11.6 Å². The number of nitrogens with one attached hydrogen (secondary N) is 1. The molecule has 158 valence electrons. The number of rotatable bonds is 8. The number of carbonyl (C=O) groups excluding carboxylic acids is 2. The molecule has 0 fully saturated rings. The number of ether oxygens (including phenoxy) is 2. The minimum absolute atomic E-state index is 0.343. The highest BCUT2D eigenvalue weighted by Gasteiger charge is 2.09. The fourth-order valence-corrected chi connectivity index (χ4v) is 2.65. The number of hydrazone groups is 1. The molecule has 6 nitrogen and oxygen atoms in total. The molecule has 7 heteroatoms. The molecule has 0 aliphatic rings. The van der Waals surface area contributed by atoms with Gasteiger partial charge in [-0.3, -0.25) is 4.79 Å². The second-order valence-electron chi connectivity index (χ2n) is 6.54. The first-order valence-electron chi connectivity index (χ1n) is 9.69. The maximum Gasteiger partial charge on any atom is 0.343 e. The van der Waals surface area contributed by atoms with Crippen LogP contribution in [0.4, 0.5) is 0 Å². The van der Waals surface area contributed by atoms with E-state index in [2.05, 4.69) is 10.5 Å². The molecule has 0 spiro atoms. The van der Waals surface area contributed by atoms with Crippen molar-refractivity contribution >= 4 is 29.7 Å². The van der Waals surface area contributed by atoms with Gasteiger partial charge in [0.25, 0.3) is 5.91 Å². The summed E-state index contributed by atoms with van der Waals surface area (Å²) in [6, 6.07) is 20.1. The lowest BCUT2D eigenvalue weighted by Gasteiger charge is -2.07. The van der Waals surface area contributed by atoms with Crippen LogP contribution < -0.4 is 14.9 Å². The highest BCUT2D eigenvalue weighted by Crippen LogP contribution is 2.16. The van der Waals surface area contributed by atoms with Gasteiger partial charge in [-0.15, -0.1) is 0 Å². The minimum Gasteiger partial charge on any atom is -0.494 e. The predicted molar refractivity (Wildman–Crippen MR) is 120 cm³/mol. The Morgan fingerprint density at radius 3 is 2.16 bits per heavy atom. The van der Waals surface area contributed by atoms with Crippen LogP contribution in [0.5, 0.6) is 11.5 Å². The Labute approximate surface area is 185 Å². The van der Waals surface area contributed by atoms with E-state index in [1.54, 1.807) is 72.8 Å². The molecule has 0 heterocycles. The highest BCUT2D eigenvalue weighted by molar-refractivity contribution is 6.30. The molecule has 0 atom stereocenters. The van der Waals surface area contributed by atoms with Gasteiger partial charge in [0.15, 0.2) is 0 Å². The van der Waals surface area contributed by atoms with Crippen molar-refractivity contribution in [3.8, 4) is 11.5 Å². The lowest BCUT2D eigenvalue weighted by atomic mass is 10.2. The summed E-state index contributed by atoms with van der Waals surface area (Å²) in [5.41, 5.74) is 4.06. The fraction of sp³-hybridized carbons (Fsp3) is 0.125. The van der Waals surface area contributed by atoms with E-state index in [1.807, 2.05) is 6.92 Å². The molecule has 0 bridgehead atoms.